The zero-order valence-corrected chi connectivity index (χ0v) is 25.6. The number of rotatable bonds is 11. The van der Waals surface area contributed by atoms with E-state index in [-0.39, 0.29) is 32.7 Å². The fraction of sp³-hybridized carbons (Fsp3) is 0.345. The van der Waals surface area contributed by atoms with Crippen LogP contribution in [0.4, 0.5) is 11.4 Å². The lowest BCUT2D eigenvalue weighted by atomic mass is 10.2. The molecule has 13 heteroatoms. The Morgan fingerprint density at radius 1 is 0.810 bits per heavy atom. The molecule has 1 fully saturated rings. The molecule has 1 aliphatic heterocycles. The van der Waals surface area contributed by atoms with Gasteiger partial charge in [-0.05, 0) is 62.2 Å². The average molecular weight is 618 g/mol. The van der Waals surface area contributed by atoms with Crippen molar-refractivity contribution in [2.24, 2.45) is 0 Å². The number of ether oxygens (including phenoxy) is 3. The number of hydrogen-bond donors (Lipinski definition) is 1. The molecule has 1 amide bonds. The van der Waals surface area contributed by atoms with Gasteiger partial charge in [-0.25, -0.2) is 16.8 Å². The monoisotopic (exact) mass is 617 g/mol. The van der Waals surface area contributed by atoms with Crippen LogP contribution in [0.25, 0.3) is 0 Å². The number of carbonyl (C=O) groups is 1. The normalized spacial score (nSPS) is 14.2. The molecule has 1 saturated heterocycles. The van der Waals surface area contributed by atoms with Crippen LogP contribution in [0.2, 0.25) is 0 Å². The quantitative estimate of drug-likeness (QED) is 0.341. The highest BCUT2D eigenvalue weighted by molar-refractivity contribution is 7.93. The van der Waals surface area contributed by atoms with Gasteiger partial charge in [-0.1, -0.05) is 24.1 Å². The van der Waals surface area contributed by atoms with Gasteiger partial charge in [-0.15, -0.1) is 0 Å². The molecule has 42 heavy (non-hydrogen) atoms. The Morgan fingerprint density at radius 2 is 1.43 bits per heavy atom. The fourth-order valence-electron chi connectivity index (χ4n) is 4.65. The number of hydrogen-bond acceptors (Lipinski definition) is 8. The summed E-state index contributed by atoms with van der Waals surface area (Å²) in [5.41, 5.74) is 1.04. The molecule has 0 bridgehead atoms. The Bertz CT molecular complexity index is 1640. The maximum absolute atomic E-state index is 13.9. The zero-order chi connectivity index (χ0) is 30.5. The number of methoxy groups -OCH3 is 3. The van der Waals surface area contributed by atoms with Crippen LogP contribution < -0.4 is 23.8 Å². The minimum atomic E-state index is -4.27. The van der Waals surface area contributed by atoms with E-state index >= 15 is 0 Å². The third kappa shape index (κ3) is 6.63. The zero-order valence-electron chi connectivity index (χ0n) is 24.0. The number of nitrogens with zero attached hydrogens (tertiary/aromatic N) is 2. The summed E-state index contributed by atoms with van der Waals surface area (Å²) in [4.78, 5) is 13.5. The van der Waals surface area contributed by atoms with E-state index in [2.05, 4.69) is 5.32 Å². The number of anilines is 2. The van der Waals surface area contributed by atoms with Gasteiger partial charge in [0, 0.05) is 19.2 Å². The first-order valence-corrected chi connectivity index (χ1v) is 16.2. The molecule has 4 rings (SSSR count). The second kappa shape index (κ2) is 13.0. The van der Waals surface area contributed by atoms with E-state index in [9.17, 15) is 21.6 Å². The molecule has 3 aromatic carbocycles. The number of benzene rings is 3. The van der Waals surface area contributed by atoms with Crippen LogP contribution in [-0.2, 0) is 24.8 Å². The predicted octanol–water partition coefficient (Wildman–Crippen LogP) is 4.03. The largest absolute Gasteiger partial charge is 0.497 e. The van der Waals surface area contributed by atoms with Crippen molar-refractivity contribution in [2.75, 3.05) is 50.6 Å². The van der Waals surface area contributed by atoms with Crippen molar-refractivity contribution in [2.45, 2.75) is 36.0 Å². The molecule has 1 aliphatic rings. The number of piperidine rings is 1. The molecule has 0 aromatic heterocycles. The Morgan fingerprint density at radius 3 is 2.05 bits per heavy atom. The summed E-state index contributed by atoms with van der Waals surface area (Å²) < 4.78 is 72.9. The smallest absolute Gasteiger partial charge is 0.264 e. The van der Waals surface area contributed by atoms with Gasteiger partial charge in [0.1, 0.15) is 23.8 Å². The third-order valence-electron chi connectivity index (χ3n) is 6.95. The lowest BCUT2D eigenvalue weighted by Gasteiger charge is -2.27. The van der Waals surface area contributed by atoms with Crippen molar-refractivity contribution >= 4 is 37.3 Å². The Balaban J connectivity index is 1.72. The first-order valence-electron chi connectivity index (χ1n) is 13.3. The highest BCUT2D eigenvalue weighted by Crippen LogP contribution is 2.36. The maximum Gasteiger partial charge on any atom is 0.264 e. The van der Waals surface area contributed by atoms with Gasteiger partial charge in [0.05, 0.1) is 42.5 Å². The highest BCUT2D eigenvalue weighted by Gasteiger charge is 2.31. The predicted molar refractivity (Wildman–Crippen MR) is 159 cm³/mol. The summed E-state index contributed by atoms with van der Waals surface area (Å²) in [5, 5.41) is 2.65. The van der Waals surface area contributed by atoms with E-state index in [0.717, 1.165) is 29.1 Å². The summed E-state index contributed by atoms with van der Waals surface area (Å²) in [5.74, 6) is 0.0355. The Labute approximate surface area is 247 Å². The van der Waals surface area contributed by atoms with Gasteiger partial charge >= 0.3 is 0 Å². The summed E-state index contributed by atoms with van der Waals surface area (Å²) in [6.07, 6.45) is 2.52. The topological polar surface area (TPSA) is 132 Å². The van der Waals surface area contributed by atoms with Crippen LogP contribution in [0.1, 0.15) is 24.8 Å². The minimum Gasteiger partial charge on any atom is -0.497 e. The van der Waals surface area contributed by atoms with Gasteiger partial charge < -0.3 is 19.5 Å². The second-order valence-corrected chi connectivity index (χ2v) is 13.5. The van der Waals surface area contributed by atoms with E-state index < -0.39 is 32.5 Å². The molecule has 1 heterocycles. The SMILES string of the molecule is COc1ccc(OC)c(N(CC(=O)Nc2cc(S(=O)(=O)N3CCCCC3)ccc2OC)S(=O)(=O)c2ccc(C)cc2)c1. The van der Waals surface area contributed by atoms with Crippen LogP contribution in [-0.4, -0.2) is 68.0 Å². The average Bonchev–Trinajstić information content (AvgIpc) is 3.00. The van der Waals surface area contributed by atoms with Crippen molar-refractivity contribution in [1.82, 2.24) is 4.31 Å². The van der Waals surface area contributed by atoms with Crippen molar-refractivity contribution in [1.29, 1.82) is 0 Å². The van der Waals surface area contributed by atoms with Gasteiger partial charge in [0.25, 0.3) is 10.0 Å². The van der Waals surface area contributed by atoms with Gasteiger partial charge in [-0.3, -0.25) is 9.10 Å². The summed E-state index contributed by atoms with van der Waals surface area (Å²) >= 11 is 0. The van der Waals surface area contributed by atoms with Crippen molar-refractivity contribution < 1.29 is 35.8 Å². The highest BCUT2D eigenvalue weighted by atomic mass is 32.2. The standard InChI is InChI=1S/C29H35N3O8S2/c1-21-8-11-23(12-9-21)42(36,37)32(26-18-22(38-2)10-14-28(26)40-4)20-29(33)30-25-19-24(13-15-27(25)39-3)41(34,35)31-16-6-5-7-17-31/h8-15,18-19H,5-7,16-17,20H2,1-4H3,(H,30,33). The lowest BCUT2D eigenvalue weighted by Crippen LogP contribution is -2.38. The number of carbonyl (C=O) groups excluding carboxylic acids is 1. The molecular weight excluding hydrogens is 582 g/mol. The molecule has 0 spiro atoms. The molecule has 1 N–H and O–H groups in total. The van der Waals surface area contributed by atoms with Crippen LogP contribution in [0.3, 0.4) is 0 Å². The molecular formula is C29H35N3O8S2. The lowest BCUT2D eigenvalue weighted by molar-refractivity contribution is -0.114. The first kappa shape index (κ1) is 31.1. The van der Waals surface area contributed by atoms with Crippen LogP contribution in [0.5, 0.6) is 17.2 Å². The van der Waals surface area contributed by atoms with E-state index in [1.165, 1.54) is 62.0 Å². The number of sulfonamides is 2. The summed E-state index contributed by atoms with van der Waals surface area (Å²) in [6, 6.07) is 15.1. The molecule has 0 radical (unpaired) electrons. The maximum atomic E-state index is 13.9. The van der Waals surface area contributed by atoms with Crippen molar-refractivity contribution in [3.63, 3.8) is 0 Å². The number of aryl methyl sites for hydroxylation is 1. The minimum absolute atomic E-state index is 0.000835. The third-order valence-corrected chi connectivity index (χ3v) is 10.6. The fourth-order valence-corrected chi connectivity index (χ4v) is 7.62. The van der Waals surface area contributed by atoms with Crippen LogP contribution >= 0.6 is 0 Å². The molecule has 0 atom stereocenters. The number of amides is 1. The molecule has 0 saturated carbocycles. The second-order valence-electron chi connectivity index (χ2n) is 9.74. The Hall–Kier alpha value is -3.81. The first-order chi connectivity index (χ1) is 20.0. The van der Waals surface area contributed by atoms with E-state index in [1.807, 2.05) is 6.92 Å². The van der Waals surface area contributed by atoms with Crippen LogP contribution in [0.15, 0.2) is 70.5 Å². The van der Waals surface area contributed by atoms with Crippen LogP contribution in [0, 0.1) is 6.92 Å². The van der Waals surface area contributed by atoms with Crippen molar-refractivity contribution in [3.05, 3.63) is 66.2 Å². The number of nitrogens with one attached hydrogen (secondary N) is 1. The van der Waals surface area contributed by atoms with Gasteiger partial charge in [0.2, 0.25) is 15.9 Å². The summed E-state index contributed by atoms with van der Waals surface area (Å²) in [6.45, 7) is 2.01. The van der Waals surface area contributed by atoms with Gasteiger partial charge in [0.15, 0.2) is 0 Å². The van der Waals surface area contributed by atoms with E-state index in [1.54, 1.807) is 24.3 Å². The van der Waals surface area contributed by atoms with Crippen molar-refractivity contribution in [3.8, 4) is 17.2 Å². The molecule has 0 unspecified atom stereocenters. The van der Waals surface area contributed by atoms with E-state index in [4.69, 9.17) is 14.2 Å². The molecule has 3 aromatic rings. The molecule has 226 valence electrons. The van der Waals surface area contributed by atoms with E-state index in [0.29, 0.717) is 18.8 Å². The summed E-state index contributed by atoms with van der Waals surface area (Å²) in [7, 11) is -3.86. The Kier molecular flexibility index (Phi) is 9.64. The molecule has 0 aliphatic carbocycles. The van der Waals surface area contributed by atoms with Gasteiger partial charge in [-0.2, -0.15) is 4.31 Å². The molecule has 11 nitrogen and oxygen atoms in total.